The van der Waals surface area contributed by atoms with Gasteiger partial charge in [0.25, 0.3) is 11.8 Å². The van der Waals surface area contributed by atoms with E-state index < -0.39 is 11.8 Å². The first kappa shape index (κ1) is 24.0. The summed E-state index contributed by atoms with van der Waals surface area (Å²) >= 11 is 5.31. The van der Waals surface area contributed by atoms with E-state index in [9.17, 15) is 9.59 Å². The fraction of sp³-hybridized carbons (Fsp3) is 0.0333. The van der Waals surface area contributed by atoms with Gasteiger partial charge in [-0.2, -0.15) is 0 Å². The van der Waals surface area contributed by atoms with Gasteiger partial charge in [0, 0.05) is 0 Å². The first-order chi connectivity index (χ1) is 18.0. The van der Waals surface area contributed by atoms with Crippen LogP contribution in [-0.2, 0) is 9.59 Å². The van der Waals surface area contributed by atoms with E-state index in [1.165, 1.54) is 4.90 Å². The average Bonchev–Trinajstić information content (AvgIpc) is 2.93. The number of benzene rings is 4. The number of amides is 2. The smallest absolute Gasteiger partial charge is 0.270 e. The molecule has 0 radical (unpaired) electrons. The van der Waals surface area contributed by atoms with Crippen molar-refractivity contribution in [2.24, 2.45) is 0 Å². The number of anilines is 1. The highest BCUT2D eigenvalue weighted by Crippen LogP contribution is 2.28. The summed E-state index contributed by atoms with van der Waals surface area (Å²) < 4.78 is 11.0. The Labute approximate surface area is 219 Å². The Morgan fingerprint density at radius 1 is 0.730 bits per heavy atom. The van der Waals surface area contributed by atoms with Crippen LogP contribution in [0.5, 0.6) is 17.2 Å². The summed E-state index contributed by atoms with van der Waals surface area (Å²) in [5, 5.41) is 2.64. The van der Waals surface area contributed by atoms with E-state index in [0.717, 1.165) is 22.4 Å². The largest absolute Gasteiger partial charge is 0.497 e. The third-order valence-electron chi connectivity index (χ3n) is 5.82. The molecule has 1 saturated heterocycles. The van der Waals surface area contributed by atoms with Crippen molar-refractivity contribution in [3.05, 3.63) is 114 Å². The molecule has 1 heterocycles. The molecule has 1 fully saturated rings. The summed E-state index contributed by atoms with van der Waals surface area (Å²) in [6.45, 7) is 0. The van der Waals surface area contributed by atoms with E-state index in [1.54, 1.807) is 37.5 Å². The molecular formula is C30H22N2O4S. The molecule has 0 aliphatic carbocycles. The molecule has 0 bridgehead atoms. The Balaban J connectivity index is 1.36. The van der Waals surface area contributed by atoms with E-state index in [1.807, 2.05) is 78.9 Å². The lowest BCUT2D eigenvalue weighted by atomic mass is 10.0. The first-order valence-electron chi connectivity index (χ1n) is 11.5. The molecule has 0 unspecified atom stereocenters. The summed E-state index contributed by atoms with van der Waals surface area (Å²) in [5.41, 5.74) is 3.27. The van der Waals surface area contributed by atoms with Crippen LogP contribution < -0.4 is 19.7 Å². The molecule has 5 rings (SSSR count). The maximum Gasteiger partial charge on any atom is 0.270 e. The van der Waals surface area contributed by atoms with Gasteiger partial charge in [0.15, 0.2) is 5.11 Å². The van der Waals surface area contributed by atoms with Crippen molar-refractivity contribution >= 4 is 40.9 Å². The van der Waals surface area contributed by atoms with E-state index in [-0.39, 0.29) is 10.7 Å². The predicted octanol–water partition coefficient (Wildman–Crippen LogP) is 5.99. The second kappa shape index (κ2) is 10.5. The van der Waals surface area contributed by atoms with Crippen molar-refractivity contribution < 1.29 is 19.1 Å². The minimum Gasteiger partial charge on any atom is -0.497 e. The van der Waals surface area contributed by atoms with Crippen LogP contribution in [0.4, 0.5) is 5.69 Å². The molecule has 6 nitrogen and oxygen atoms in total. The van der Waals surface area contributed by atoms with Crippen molar-refractivity contribution in [1.29, 1.82) is 0 Å². The number of carbonyl (C=O) groups excluding carboxylic acids is 2. The van der Waals surface area contributed by atoms with Crippen LogP contribution in [0.2, 0.25) is 0 Å². The van der Waals surface area contributed by atoms with Gasteiger partial charge in [0.2, 0.25) is 0 Å². The molecule has 182 valence electrons. The molecule has 2 amide bonds. The van der Waals surface area contributed by atoms with Crippen molar-refractivity contribution in [3.63, 3.8) is 0 Å². The van der Waals surface area contributed by atoms with Crippen LogP contribution in [0.3, 0.4) is 0 Å². The lowest BCUT2D eigenvalue weighted by molar-refractivity contribution is -0.122. The van der Waals surface area contributed by atoms with Crippen LogP contribution in [0.1, 0.15) is 5.56 Å². The zero-order valence-electron chi connectivity index (χ0n) is 19.9. The lowest BCUT2D eigenvalue weighted by Crippen LogP contribution is -2.54. The lowest BCUT2D eigenvalue weighted by Gasteiger charge is -2.29. The van der Waals surface area contributed by atoms with Gasteiger partial charge in [-0.25, -0.2) is 0 Å². The van der Waals surface area contributed by atoms with E-state index in [0.29, 0.717) is 17.2 Å². The van der Waals surface area contributed by atoms with Crippen LogP contribution in [0.25, 0.3) is 17.2 Å². The Morgan fingerprint density at radius 3 is 1.92 bits per heavy atom. The van der Waals surface area contributed by atoms with Gasteiger partial charge < -0.3 is 9.47 Å². The molecule has 0 spiro atoms. The molecule has 1 N–H and O–H groups in total. The number of hydrogen-bond donors (Lipinski definition) is 1. The van der Waals surface area contributed by atoms with Crippen molar-refractivity contribution in [1.82, 2.24) is 5.32 Å². The number of carbonyl (C=O) groups is 2. The van der Waals surface area contributed by atoms with Gasteiger partial charge in [0.1, 0.15) is 22.8 Å². The molecule has 1 aliphatic heterocycles. The third kappa shape index (κ3) is 5.27. The number of nitrogens with zero attached hydrogens (tertiary/aromatic N) is 1. The standard InChI is InChI=1S/C30H22N2O4S/c1-35-24-15-11-22(12-16-24)21-9-7-20(8-10-21)19-27-28(33)31-30(37)32(29(27)34)23-13-17-26(18-14-23)36-25-5-3-2-4-6-25/h2-19H,1H3,(H,31,33,37). The van der Waals surface area contributed by atoms with E-state index in [2.05, 4.69) is 5.32 Å². The highest BCUT2D eigenvalue weighted by molar-refractivity contribution is 7.80. The van der Waals surface area contributed by atoms with E-state index >= 15 is 0 Å². The van der Waals surface area contributed by atoms with Crippen molar-refractivity contribution in [3.8, 4) is 28.4 Å². The maximum atomic E-state index is 13.3. The quantitative estimate of drug-likeness (QED) is 0.198. The zero-order chi connectivity index (χ0) is 25.8. The Hall–Kier alpha value is -4.75. The molecule has 0 saturated carbocycles. The molecule has 7 heteroatoms. The van der Waals surface area contributed by atoms with Crippen molar-refractivity contribution in [2.45, 2.75) is 0 Å². The number of hydrogen-bond acceptors (Lipinski definition) is 5. The third-order valence-corrected chi connectivity index (χ3v) is 6.11. The number of rotatable bonds is 6. The second-order valence-electron chi connectivity index (χ2n) is 8.22. The van der Waals surface area contributed by atoms with E-state index in [4.69, 9.17) is 21.7 Å². The summed E-state index contributed by atoms with van der Waals surface area (Å²) in [7, 11) is 1.63. The molecule has 4 aromatic rings. The Bertz CT molecular complexity index is 1480. The maximum absolute atomic E-state index is 13.3. The summed E-state index contributed by atoms with van der Waals surface area (Å²) in [4.78, 5) is 27.3. The van der Waals surface area contributed by atoms with Crippen molar-refractivity contribution in [2.75, 3.05) is 12.0 Å². The summed E-state index contributed by atoms with van der Waals surface area (Å²) in [5.74, 6) is 1.07. The Kier molecular flexibility index (Phi) is 6.78. The number of nitrogens with one attached hydrogen (secondary N) is 1. The topological polar surface area (TPSA) is 67.9 Å². The number of para-hydroxylation sites is 1. The van der Waals surface area contributed by atoms with Crippen LogP contribution in [-0.4, -0.2) is 24.0 Å². The molecular weight excluding hydrogens is 484 g/mol. The average molecular weight is 507 g/mol. The van der Waals surface area contributed by atoms with Crippen LogP contribution in [0.15, 0.2) is 109 Å². The monoisotopic (exact) mass is 506 g/mol. The SMILES string of the molecule is COc1ccc(-c2ccc(C=C3C(=O)NC(=S)N(c4ccc(Oc5ccccc5)cc4)C3=O)cc2)cc1. The van der Waals surface area contributed by atoms with Crippen LogP contribution >= 0.6 is 12.2 Å². The first-order valence-corrected chi connectivity index (χ1v) is 11.9. The number of ether oxygens (including phenoxy) is 2. The van der Waals surface area contributed by atoms with Gasteiger partial charge >= 0.3 is 0 Å². The van der Waals surface area contributed by atoms with Gasteiger partial charge in [-0.15, -0.1) is 0 Å². The summed E-state index contributed by atoms with van der Waals surface area (Å²) in [6.07, 6.45) is 1.57. The minimum absolute atomic E-state index is 0.00425. The van der Waals surface area contributed by atoms with Crippen LogP contribution in [0, 0.1) is 0 Å². The van der Waals surface area contributed by atoms with Gasteiger partial charge in [-0.3, -0.25) is 19.8 Å². The van der Waals surface area contributed by atoms with Gasteiger partial charge in [-0.05, 0) is 83.5 Å². The van der Waals surface area contributed by atoms with Gasteiger partial charge in [-0.1, -0.05) is 54.6 Å². The predicted molar refractivity (Wildman–Crippen MR) is 148 cm³/mol. The fourth-order valence-corrected chi connectivity index (χ4v) is 4.18. The van der Waals surface area contributed by atoms with Gasteiger partial charge in [0.05, 0.1) is 12.8 Å². The molecule has 37 heavy (non-hydrogen) atoms. The molecule has 0 atom stereocenters. The number of thiocarbonyl (C=S) groups is 1. The number of methoxy groups -OCH3 is 1. The molecule has 1 aliphatic rings. The minimum atomic E-state index is -0.533. The fourth-order valence-electron chi connectivity index (χ4n) is 3.90. The molecule has 4 aromatic carbocycles. The highest BCUT2D eigenvalue weighted by Gasteiger charge is 2.34. The normalized spacial score (nSPS) is 14.5. The second-order valence-corrected chi connectivity index (χ2v) is 8.60. The summed E-state index contributed by atoms with van der Waals surface area (Å²) in [6, 6.07) is 31.7. The highest BCUT2D eigenvalue weighted by atomic mass is 32.1. The Morgan fingerprint density at radius 2 is 1.30 bits per heavy atom. The zero-order valence-corrected chi connectivity index (χ0v) is 20.7. The molecule has 0 aromatic heterocycles.